The molecule has 20 heavy (non-hydrogen) atoms. The van der Waals surface area contributed by atoms with Gasteiger partial charge in [-0.05, 0) is 18.6 Å². The van der Waals surface area contributed by atoms with Gasteiger partial charge in [0.25, 0.3) is 0 Å². The number of hydrogen-bond acceptors (Lipinski definition) is 2. The first kappa shape index (κ1) is 13.1. The molecule has 4 heteroatoms. The normalized spacial score (nSPS) is 18.5. The van der Waals surface area contributed by atoms with E-state index < -0.39 is 11.6 Å². The summed E-state index contributed by atoms with van der Waals surface area (Å²) in [5.41, 5.74) is 7.63. The number of hydrogen-bond donors (Lipinski definition) is 1. The van der Waals surface area contributed by atoms with Crippen molar-refractivity contribution in [2.75, 3.05) is 0 Å². The lowest BCUT2D eigenvalue weighted by Gasteiger charge is -2.15. The molecule has 1 aliphatic heterocycles. The van der Waals surface area contributed by atoms with Gasteiger partial charge < -0.3 is 10.5 Å². The van der Waals surface area contributed by atoms with Crippen molar-refractivity contribution in [1.29, 1.82) is 0 Å². The van der Waals surface area contributed by atoms with Crippen LogP contribution in [-0.2, 0) is 6.42 Å². The molecule has 1 aliphatic rings. The molecule has 2 aromatic rings. The second kappa shape index (κ2) is 4.87. The van der Waals surface area contributed by atoms with Crippen LogP contribution in [0.1, 0.15) is 12.5 Å². The maximum absolute atomic E-state index is 14.0. The third-order valence-corrected chi connectivity index (χ3v) is 3.62. The van der Waals surface area contributed by atoms with Gasteiger partial charge in [-0.25, -0.2) is 8.78 Å². The summed E-state index contributed by atoms with van der Waals surface area (Å²) in [5.74, 6) is -1.10. The van der Waals surface area contributed by atoms with Gasteiger partial charge in [0.05, 0.1) is 0 Å². The summed E-state index contributed by atoms with van der Waals surface area (Å²) in [4.78, 5) is 0. The molecule has 0 saturated heterocycles. The second-order valence-electron chi connectivity index (χ2n) is 5.11. The molecule has 2 nitrogen and oxygen atoms in total. The summed E-state index contributed by atoms with van der Waals surface area (Å²) in [6, 6.07) is 9.52. The minimum atomic E-state index is -0.859. The molecule has 0 spiro atoms. The Hall–Kier alpha value is -1.94. The highest BCUT2D eigenvalue weighted by Crippen LogP contribution is 2.40. The molecule has 1 heterocycles. The Morgan fingerprint density at radius 3 is 2.60 bits per heavy atom. The van der Waals surface area contributed by atoms with E-state index in [4.69, 9.17) is 10.5 Å². The molecule has 2 aromatic carbocycles. The van der Waals surface area contributed by atoms with E-state index in [2.05, 4.69) is 0 Å². The Bertz CT molecular complexity index is 655. The van der Waals surface area contributed by atoms with E-state index in [1.165, 1.54) is 6.07 Å². The van der Waals surface area contributed by atoms with Crippen LogP contribution >= 0.6 is 0 Å². The molecule has 0 bridgehead atoms. The zero-order chi connectivity index (χ0) is 14.3. The number of benzene rings is 2. The first-order chi connectivity index (χ1) is 9.58. The largest absolute Gasteiger partial charge is 0.488 e. The number of nitrogens with two attached hydrogens (primary N) is 1. The van der Waals surface area contributed by atoms with Crippen LogP contribution in [0.2, 0.25) is 0 Å². The number of halogens is 2. The van der Waals surface area contributed by atoms with Crippen LogP contribution in [0, 0.1) is 11.6 Å². The van der Waals surface area contributed by atoms with E-state index in [1.54, 1.807) is 12.1 Å². The lowest BCUT2D eigenvalue weighted by atomic mass is 9.99. The van der Waals surface area contributed by atoms with Gasteiger partial charge in [0.1, 0.15) is 11.9 Å². The van der Waals surface area contributed by atoms with Gasteiger partial charge in [-0.1, -0.05) is 30.3 Å². The maximum Gasteiger partial charge on any atom is 0.166 e. The average molecular weight is 275 g/mol. The van der Waals surface area contributed by atoms with Crippen LogP contribution in [-0.4, -0.2) is 12.1 Å². The lowest BCUT2D eigenvalue weighted by molar-refractivity contribution is 0.207. The molecule has 3 rings (SSSR count). The van der Waals surface area contributed by atoms with Crippen LogP contribution in [0.15, 0.2) is 36.4 Å². The van der Waals surface area contributed by atoms with Crippen molar-refractivity contribution in [3.8, 4) is 16.9 Å². The van der Waals surface area contributed by atoms with E-state index in [0.717, 1.165) is 11.6 Å². The SMILES string of the molecule is CC(N)C1Cc2cccc(-c3cccc(F)c3F)c2O1. The Kier molecular flexibility index (Phi) is 3.18. The summed E-state index contributed by atoms with van der Waals surface area (Å²) in [5, 5.41) is 0. The van der Waals surface area contributed by atoms with Crippen molar-refractivity contribution in [3.63, 3.8) is 0 Å². The van der Waals surface area contributed by atoms with Gasteiger partial charge in [-0.3, -0.25) is 0 Å². The van der Waals surface area contributed by atoms with Crippen molar-refractivity contribution >= 4 is 0 Å². The summed E-state index contributed by atoms with van der Waals surface area (Å²) in [7, 11) is 0. The minimum absolute atomic E-state index is 0.118. The third-order valence-electron chi connectivity index (χ3n) is 3.62. The highest BCUT2D eigenvalue weighted by molar-refractivity contribution is 5.73. The number of rotatable bonds is 2. The fourth-order valence-corrected chi connectivity index (χ4v) is 2.51. The molecule has 0 amide bonds. The average Bonchev–Trinajstić information content (AvgIpc) is 2.86. The summed E-state index contributed by atoms with van der Waals surface area (Å²) >= 11 is 0. The van der Waals surface area contributed by atoms with E-state index in [-0.39, 0.29) is 17.7 Å². The summed E-state index contributed by atoms with van der Waals surface area (Å²) in [6.07, 6.45) is 0.570. The molecule has 0 aromatic heterocycles. The first-order valence-electron chi connectivity index (χ1n) is 6.56. The third kappa shape index (κ3) is 2.06. The van der Waals surface area contributed by atoms with Gasteiger partial charge in [0.2, 0.25) is 0 Å². The molecule has 2 unspecified atom stereocenters. The van der Waals surface area contributed by atoms with Crippen LogP contribution in [0.3, 0.4) is 0 Å². The molecule has 2 atom stereocenters. The Balaban J connectivity index is 2.10. The summed E-state index contributed by atoms with van der Waals surface area (Å²) < 4.78 is 33.2. The van der Waals surface area contributed by atoms with E-state index in [0.29, 0.717) is 17.7 Å². The fraction of sp³-hybridized carbons (Fsp3) is 0.250. The molecule has 0 saturated carbocycles. The van der Waals surface area contributed by atoms with E-state index >= 15 is 0 Å². The Morgan fingerprint density at radius 1 is 1.15 bits per heavy atom. The molecule has 0 radical (unpaired) electrons. The molecule has 0 fully saturated rings. The van der Waals surface area contributed by atoms with Crippen molar-refractivity contribution in [2.45, 2.75) is 25.5 Å². The van der Waals surface area contributed by atoms with Crippen LogP contribution in [0.4, 0.5) is 8.78 Å². The van der Waals surface area contributed by atoms with Crippen molar-refractivity contribution in [3.05, 3.63) is 53.6 Å². The van der Waals surface area contributed by atoms with Crippen LogP contribution in [0.25, 0.3) is 11.1 Å². The smallest absolute Gasteiger partial charge is 0.166 e. The maximum atomic E-state index is 14.0. The van der Waals surface area contributed by atoms with Gasteiger partial charge in [-0.2, -0.15) is 0 Å². The molecule has 104 valence electrons. The van der Waals surface area contributed by atoms with Gasteiger partial charge >= 0.3 is 0 Å². The molecular formula is C16H15F2NO. The molecule has 2 N–H and O–H groups in total. The number of para-hydroxylation sites is 1. The van der Waals surface area contributed by atoms with Crippen molar-refractivity contribution in [2.24, 2.45) is 5.73 Å². The van der Waals surface area contributed by atoms with Gasteiger partial charge in [0, 0.05) is 23.6 Å². The van der Waals surface area contributed by atoms with E-state index in [9.17, 15) is 8.78 Å². The second-order valence-corrected chi connectivity index (χ2v) is 5.11. The molecule has 0 aliphatic carbocycles. The Labute approximate surface area is 116 Å². The Morgan fingerprint density at radius 2 is 1.85 bits per heavy atom. The standard InChI is InChI=1S/C16H15F2NO/c1-9(19)14-8-10-4-2-6-12(16(10)20-14)11-5-3-7-13(17)15(11)18/h2-7,9,14H,8,19H2,1H3. The predicted molar refractivity (Wildman–Crippen MR) is 73.6 cm³/mol. The lowest BCUT2D eigenvalue weighted by Crippen LogP contribution is -2.34. The fourth-order valence-electron chi connectivity index (χ4n) is 2.51. The van der Waals surface area contributed by atoms with Crippen LogP contribution < -0.4 is 10.5 Å². The highest BCUT2D eigenvalue weighted by atomic mass is 19.2. The quantitative estimate of drug-likeness (QED) is 0.912. The zero-order valence-electron chi connectivity index (χ0n) is 11.1. The van der Waals surface area contributed by atoms with Crippen molar-refractivity contribution in [1.82, 2.24) is 0 Å². The number of fused-ring (bicyclic) bond motifs is 1. The monoisotopic (exact) mass is 275 g/mol. The first-order valence-corrected chi connectivity index (χ1v) is 6.56. The highest BCUT2D eigenvalue weighted by Gasteiger charge is 2.29. The zero-order valence-corrected chi connectivity index (χ0v) is 11.1. The van der Waals surface area contributed by atoms with Gasteiger partial charge in [-0.15, -0.1) is 0 Å². The van der Waals surface area contributed by atoms with Crippen LogP contribution in [0.5, 0.6) is 5.75 Å². The number of ether oxygens (including phenoxy) is 1. The topological polar surface area (TPSA) is 35.2 Å². The van der Waals surface area contributed by atoms with Crippen molar-refractivity contribution < 1.29 is 13.5 Å². The summed E-state index contributed by atoms with van der Waals surface area (Å²) in [6.45, 7) is 1.87. The minimum Gasteiger partial charge on any atom is -0.488 e. The molecular weight excluding hydrogens is 260 g/mol. The predicted octanol–water partition coefficient (Wildman–Crippen LogP) is 3.28. The van der Waals surface area contributed by atoms with Gasteiger partial charge in [0.15, 0.2) is 11.6 Å². The van der Waals surface area contributed by atoms with E-state index in [1.807, 2.05) is 19.1 Å².